The van der Waals surface area contributed by atoms with E-state index in [-0.39, 0.29) is 11.7 Å². The first kappa shape index (κ1) is 22.9. The number of hydrogen-bond donors (Lipinski definition) is 4. The lowest BCUT2D eigenvalue weighted by Crippen LogP contribution is -2.26. The Morgan fingerprint density at radius 3 is 2.62 bits per heavy atom. The van der Waals surface area contributed by atoms with E-state index in [4.69, 9.17) is 0 Å². The van der Waals surface area contributed by atoms with Crippen LogP contribution in [0.15, 0.2) is 18.2 Å². The average molecular weight is 407 g/mol. The van der Waals surface area contributed by atoms with E-state index in [0.717, 1.165) is 0 Å². The van der Waals surface area contributed by atoms with Crippen LogP contribution in [0.5, 0.6) is 0 Å². The smallest absolute Gasteiger partial charge is 0.307 e. The van der Waals surface area contributed by atoms with E-state index in [0.29, 0.717) is 49.3 Å². The van der Waals surface area contributed by atoms with Gasteiger partial charge in [-0.05, 0) is 50.3 Å². The van der Waals surface area contributed by atoms with Gasteiger partial charge in [0.25, 0.3) is 0 Å². The highest BCUT2D eigenvalue weighted by atomic mass is 19.1. The number of halogens is 1. The molecule has 0 saturated heterocycles. The summed E-state index contributed by atoms with van der Waals surface area (Å²) in [6, 6.07) is 4.94. The number of nitrogens with one attached hydrogen (secondary N) is 2. The number of aliphatic hydroxyl groups excluding tert-OH is 1. The molecule has 0 fully saturated rings. The molecule has 9 heteroatoms. The van der Waals surface area contributed by atoms with E-state index in [2.05, 4.69) is 25.9 Å². The number of carbonyl (C=O) groups is 1. The van der Waals surface area contributed by atoms with Crippen LogP contribution in [0.1, 0.15) is 56.5 Å². The van der Waals surface area contributed by atoms with Crippen molar-refractivity contribution in [2.45, 2.75) is 58.6 Å². The highest BCUT2D eigenvalue weighted by Crippen LogP contribution is 2.31. The lowest BCUT2D eigenvalue weighted by atomic mass is 9.81. The summed E-state index contributed by atoms with van der Waals surface area (Å²) in [4.78, 5) is 11.9. The van der Waals surface area contributed by atoms with Crippen LogP contribution < -0.4 is 5.32 Å². The molecule has 0 aliphatic carbocycles. The number of aromatic amines is 1. The van der Waals surface area contributed by atoms with Crippen molar-refractivity contribution in [2.75, 3.05) is 6.54 Å². The zero-order chi connectivity index (χ0) is 21.4. The highest BCUT2D eigenvalue weighted by Gasteiger charge is 2.33. The molecule has 160 valence electrons. The first-order valence-corrected chi connectivity index (χ1v) is 9.90. The number of rotatable bonds is 12. The minimum Gasteiger partial charge on any atom is -0.481 e. The number of benzene rings is 1. The van der Waals surface area contributed by atoms with Gasteiger partial charge < -0.3 is 15.5 Å². The van der Waals surface area contributed by atoms with Gasteiger partial charge in [-0.25, -0.2) is 4.39 Å². The molecular weight excluding hydrogens is 377 g/mol. The predicted molar refractivity (Wildman–Crippen MR) is 106 cm³/mol. The van der Waals surface area contributed by atoms with Crippen molar-refractivity contribution < 1.29 is 19.4 Å². The number of aromatic nitrogens is 4. The van der Waals surface area contributed by atoms with Gasteiger partial charge in [0.05, 0.1) is 12.0 Å². The van der Waals surface area contributed by atoms with Crippen LogP contribution in [0.3, 0.4) is 0 Å². The predicted octanol–water partition coefficient (Wildman–Crippen LogP) is 2.27. The minimum absolute atomic E-state index is 0.178. The number of H-pyrrole nitrogens is 1. The molecule has 0 radical (unpaired) electrons. The first-order valence-electron chi connectivity index (χ1n) is 9.90. The molecule has 29 heavy (non-hydrogen) atoms. The topological polar surface area (TPSA) is 124 Å². The van der Waals surface area contributed by atoms with Crippen molar-refractivity contribution in [2.24, 2.45) is 11.8 Å². The van der Waals surface area contributed by atoms with Crippen LogP contribution in [-0.4, -0.2) is 49.5 Å². The molecule has 1 heterocycles. The molecule has 1 aromatic carbocycles. The molecule has 8 nitrogen and oxygen atoms in total. The van der Waals surface area contributed by atoms with Crippen LogP contribution in [0, 0.1) is 17.7 Å². The van der Waals surface area contributed by atoms with Crippen molar-refractivity contribution in [1.82, 2.24) is 25.9 Å². The standard InChI is InChI=1S/C20H30FN5O3/c1-12(2)8-17(20(28)29)16(19-23-25-26-24-19)9-14-4-5-15(18(21)10-14)11-22-7-6-13(3)27/h4-5,10,12-13,16-17,22,27H,6-9,11H2,1-3H3,(H,28,29)(H,23,24,25,26). The summed E-state index contributed by atoms with van der Waals surface area (Å²) in [5, 5.41) is 36.0. The Hall–Kier alpha value is -2.39. The Labute approximate surface area is 169 Å². The first-order chi connectivity index (χ1) is 13.8. The van der Waals surface area contributed by atoms with Crippen LogP contribution in [0.2, 0.25) is 0 Å². The molecule has 0 saturated carbocycles. The SMILES string of the molecule is CC(C)CC(C(=O)O)C(Cc1ccc(CNCCC(C)O)c(F)c1)c1nn[nH]n1. The largest absolute Gasteiger partial charge is 0.481 e. The van der Waals surface area contributed by atoms with E-state index in [1.165, 1.54) is 6.07 Å². The Balaban J connectivity index is 2.14. The number of carboxylic acids is 1. The van der Waals surface area contributed by atoms with Gasteiger partial charge in [-0.2, -0.15) is 5.21 Å². The highest BCUT2D eigenvalue weighted by molar-refractivity contribution is 5.71. The van der Waals surface area contributed by atoms with E-state index < -0.39 is 23.9 Å². The molecule has 0 spiro atoms. The fraction of sp³-hybridized carbons (Fsp3) is 0.600. The third-order valence-corrected chi connectivity index (χ3v) is 4.85. The molecule has 2 aromatic rings. The number of aliphatic carboxylic acids is 1. The van der Waals surface area contributed by atoms with Gasteiger partial charge in [-0.1, -0.05) is 31.2 Å². The molecule has 0 aliphatic heterocycles. The molecular formula is C20H30FN5O3. The van der Waals surface area contributed by atoms with Crippen molar-refractivity contribution in [3.8, 4) is 0 Å². The van der Waals surface area contributed by atoms with Crippen LogP contribution in [0.4, 0.5) is 4.39 Å². The zero-order valence-corrected chi connectivity index (χ0v) is 17.1. The molecule has 0 bridgehead atoms. The number of tetrazole rings is 1. The average Bonchev–Trinajstić information content (AvgIpc) is 3.17. The van der Waals surface area contributed by atoms with Crippen molar-refractivity contribution in [3.63, 3.8) is 0 Å². The second kappa shape index (κ2) is 11.0. The summed E-state index contributed by atoms with van der Waals surface area (Å²) < 4.78 is 14.5. The molecule has 2 rings (SSSR count). The van der Waals surface area contributed by atoms with Crippen LogP contribution in [0.25, 0.3) is 0 Å². The quantitative estimate of drug-likeness (QED) is 0.398. The minimum atomic E-state index is -0.923. The lowest BCUT2D eigenvalue weighted by Gasteiger charge is -2.23. The maximum atomic E-state index is 14.5. The lowest BCUT2D eigenvalue weighted by molar-refractivity contribution is -0.143. The zero-order valence-electron chi connectivity index (χ0n) is 17.1. The van der Waals surface area contributed by atoms with E-state index in [1.807, 2.05) is 13.8 Å². The van der Waals surface area contributed by atoms with Gasteiger partial charge in [0.2, 0.25) is 0 Å². The van der Waals surface area contributed by atoms with Crippen LogP contribution >= 0.6 is 0 Å². The van der Waals surface area contributed by atoms with Gasteiger partial charge >= 0.3 is 5.97 Å². The summed E-state index contributed by atoms with van der Waals surface area (Å²) in [5.41, 5.74) is 1.20. The van der Waals surface area contributed by atoms with Gasteiger partial charge in [0, 0.05) is 18.0 Å². The Kier molecular flexibility index (Phi) is 8.66. The van der Waals surface area contributed by atoms with E-state index >= 15 is 0 Å². The summed E-state index contributed by atoms with van der Waals surface area (Å²) >= 11 is 0. The monoisotopic (exact) mass is 407 g/mol. The van der Waals surface area contributed by atoms with E-state index in [9.17, 15) is 19.4 Å². The molecule has 3 atom stereocenters. The maximum absolute atomic E-state index is 14.5. The molecule has 0 aliphatic rings. The summed E-state index contributed by atoms with van der Waals surface area (Å²) in [5.74, 6) is -1.98. The van der Waals surface area contributed by atoms with Crippen molar-refractivity contribution in [3.05, 3.63) is 41.0 Å². The fourth-order valence-corrected chi connectivity index (χ4v) is 3.33. The van der Waals surface area contributed by atoms with Gasteiger partial charge in [0.15, 0.2) is 5.82 Å². The molecule has 1 aromatic heterocycles. The molecule has 0 amide bonds. The number of nitrogens with zero attached hydrogens (tertiary/aromatic N) is 3. The van der Waals surface area contributed by atoms with E-state index in [1.54, 1.807) is 19.1 Å². The number of aliphatic hydroxyl groups is 1. The summed E-state index contributed by atoms with van der Waals surface area (Å²) in [7, 11) is 0. The Morgan fingerprint density at radius 2 is 2.07 bits per heavy atom. The number of carboxylic acid groups (broad SMARTS) is 1. The molecule has 3 unspecified atom stereocenters. The summed E-state index contributed by atoms with van der Waals surface area (Å²) in [6.07, 6.45) is 0.960. The van der Waals surface area contributed by atoms with Crippen molar-refractivity contribution >= 4 is 5.97 Å². The van der Waals surface area contributed by atoms with Gasteiger partial charge in [-0.3, -0.25) is 4.79 Å². The van der Waals surface area contributed by atoms with Gasteiger partial charge in [0.1, 0.15) is 5.82 Å². The second-order valence-corrected chi connectivity index (χ2v) is 7.90. The third kappa shape index (κ3) is 7.17. The fourth-order valence-electron chi connectivity index (χ4n) is 3.33. The van der Waals surface area contributed by atoms with Crippen molar-refractivity contribution in [1.29, 1.82) is 0 Å². The number of hydrogen-bond acceptors (Lipinski definition) is 6. The molecule has 4 N–H and O–H groups in total. The maximum Gasteiger partial charge on any atom is 0.307 e. The van der Waals surface area contributed by atoms with Gasteiger partial charge in [-0.15, -0.1) is 10.2 Å². The van der Waals surface area contributed by atoms with Crippen LogP contribution in [-0.2, 0) is 17.8 Å². The third-order valence-electron chi connectivity index (χ3n) is 4.85. The Morgan fingerprint density at radius 1 is 1.31 bits per heavy atom. The normalized spacial score (nSPS) is 14.7. The second-order valence-electron chi connectivity index (χ2n) is 7.90. The summed E-state index contributed by atoms with van der Waals surface area (Å²) in [6.45, 7) is 6.58. The Bertz CT molecular complexity index is 767.